The molecule has 0 radical (unpaired) electrons. The van der Waals surface area contributed by atoms with Crippen LogP contribution in [-0.2, 0) is 0 Å². The molecule has 3 rings (SSSR count). The van der Waals surface area contributed by atoms with Gasteiger partial charge in [0.05, 0.1) is 5.52 Å². The molecule has 21 heavy (non-hydrogen) atoms. The van der Waals surface area contributed by atoms with Crippen LogP contribution in [-0.4, -0.2) is 34.6 Å². The molecule has 1 aliphatic rings. The Bertz CT molecular complexity index is 744. The van der Waals surface area contributed by atoms with Crippen LogP contribution in [0, 0.1) is 0 Å². The number of rotatable bonds is 2. The highest BCUT2D eigenvalue weighted by Crippen LogP contribution is 2.20. The zero-order chi connectivity index (χ0) is 14.3. The molecule has 3 heterocycles. The van der Waals surface area contributed by atoms with Gasteiger partial charge in [-0.15, -0.1) is 12.4 Å². The van der Waals surface area contributed by atoms with Crippen LogP contribution in [0.4, 0.5) is 5.69 Å². The van der Waals surface area contributed by atoms with Gasteiger partial charge in [-0.3, -0.25) is 9.20 Å². The Labute approximate surface area is 127 Å². The third-order valence-electron chi connectivity index (χ3n) is 3.66. The summed E-state index contributed by atoms with van der Waals surface area (Å²) in [5.74, 6) is -1.21. The molecule has 0 saturated carbocycles. The Balaban J connectivity index is 0.00000161. The van der Waals surface area contributed by atoms with Crippen LogP contribution in [0.2, 0.25) is 0 Å². The van der Waals surface area contributed by atoms with E-state index in [9.17, 15) is 9.59 Å². The van der Waals surface area contributed by atoms with Crippen LogP contribution in [0.5, 0.6) is 0 Å². The number of aromatic carboxylic acids is 1. The maximum atomic E-state index is 12.0. The summed E-state index contributed by atoms with van der Waals surface area (Å²) in [7, 11) is 0. The van der Waals surface area contributed by atoms with Crippen molar-refractivity contribution in [2.45, 2.75) is 12.5 Å². The zero-order valence-electron chi connectivity index (χ0n) is 11.2. The van der Waals surface area contributed by atoms with E-state index < -0.39 is 11.5 Å². The van der Waals surface area contributed by atoms with Gasteiger partial charge in [-0.05, 0) is 30.7 Å². The summed E-state index contributed by atoms with van der Waals surface area (Å²) in [6.45, 7) is 1.70. The molecule has 0 aromatic carbocycles. The van der Waals surface area contributed by atoms with E-state index in [4.69, 9.17) is 10.8 Å². The van der Waals surface area contributed by atoms with Gasteiger partial charge in [0.2, 0.25) is 0 Å². The molecule has 1 unspecified atom stereocenters. The molecule has 0 aliphatic carbocycles. The monoisotopic (exact) mass is 309 g/mol. The lowest BCUT2D eigenvalue weighted by atomic mass is 10.2. The van der Waals surface area contributed by atoms with Crippen molar-refractivity contribution in [2.75, 3.05) is 18.0 Å². The van der Waals surface area contributed by atoms with Crippen molar-refractivity contribution < 1.29 is 9.90 Å². The number of carboxylic acids is 1. The molecule has 7 heteroatoms. The highest BCUT2D eigenvalue weighted by atomic mass is 35.5. The largest absolute Gasteiger partial charge is 0.477 e. The highest BCUT2D eigenvalue weighted by molar-refractivity contribution is 5.87. The second kappa shape index (κ2) is 5.75. The van der Waals surface area contributed by atoms with Crippen molar-refractivity contribution in [2.24, 2.45) is 5.73 Å². The average molecular weight is 310 g/mol. The van der Waals surface area contributed by atoms with Crippen LogP contribution in [0.15, 0.2) is 35.3 Å². The molecule has 0 bridgehead atoms. The fraction of sp³-hybridized carbons (Fsp3) is 0.286. The topological polar surface area (TPSA) is 88.0 Å². The van der Waals surface area contributed by atoms with Gasteiger partial charge in [0.25, 0.3) is 5.56 Å². The number of hydrogen-bond acceptors (Lipinski definition) is 4. The number of carbonyl (C=O) groups is 1. The standard InChI is InChI=1S/C14H15N3O3.ClH/c15-9-3-5-16(8-9)10-4-6-17-11(7-10)1-2-12(13(17)18)14(19)20;/h1-2,4,6-7,9H,3,5,8,15H2,(H,19,20);1H. The molecule has 2 aromatic rings. The van der Waals surface area contributed by atoms with E-state index in [1.807, 2.05) is 12.1 Å². The summed E-state index contributed by atoms with van der Waals surface area (Å²) in [5, 5.41) is 8.95. The molecule has 0 spiro atoms. The molecular formula is C14H16ClN3O3. The fourth-order valence-electron chi connectivity index (χ4n) is 2.57. The van der Waals surface area contributed by atoms with Crippen LogP contribution in [0.3, 0.4) is 0 Å². The van der Waals surface area contributed by atoms with Gasteiger partial charge >= 0.3 is 5.97 Å². The lowest BCUT2D eigenvalue weighted by Gasteiger charge is -2.18. The third-order valence-corrected chi connectivity index (χ3v) is 3.66. The molecule has 0 amide bonds. The first-order chi connectivity index (χ1) is 9.56. The van der Waals surface area contributed by atoms with E-state index in [0.717, 1.165) is 25.2 Å². The van der Waals surface area contributed by atoms with E-state index in [1.54, 1.807) is 12.3 Å². The molecule has 3 N–H and O–H groups in total. The first kappa shape index (κ1) is 15.3. The van der Waals surface area contributed by atoms with Gasteiger partial charge < -0.3 is 15.7 Å². The minimum atomic E-state index is -1.21. The van der Waals surface area contributed by atoms with E-state index in [2.05, 4.69) is 4.90 Å². The van der Waals surface area contributed by atoms with E-state index in [0.29, 0.717) is 5.52 Å². The van der Waals surface area contributed by atoms with Gasteiger partial charge in [0, 0.05) is 31.0 Å². The highest BCUT2D eigenvalue weighted by Gasteiger charge is 2.19. The van der Waals surface area contributed by atoms with Crippen molar-refractivity contribution in [1.82, 2.24) is 4.40 Å². The maximum absolute atomic E-state index is 12.0. The average Bonchev–Trinajstić information content (AvgIpc) is 2.85. The second-order valence-electron chi connectivity index (χ2n) is 5.03. The van der Waals surface area contributed by atoms with Crippen molar-refractivity contribution >= 4 is 29.6 Å². The molecule has 2 aromatic heterocycles. The van der Waals surface area contributed by atoms with Gasteiger partial charge in [0.15, 0.2) is 0 Å². The summed E-state index contributed by atoms with van der Waals surface area (Å²) in [6, 6.07) is 6.87. The fourth-order valence-corrected chi connectivity index (χ4v) is 2.57. The van der Waals surface area contributed by atoms with E-state index in [-0.39, 0.29) is 24.0 Å². The van der Waals surface area contributed by atoms with Crippen molar-refractivity contribution in [3.05, 3.63) is 46.4 Å². The van der Waals surface area contributed by atoms with Crippen LogP contribution in [0.1, 0.15) is 16.8 Å². The number of halogens is 1. The Kier molecular flexibility index (Phi) is 4.20. The molecular weight excluding hydrogens is 294 g/mol. The lowest BCUT2D eigenvalue weighted by molar-refractivity contribution is 0.0695. The Morgan fingerprint density at radius 1 is 1.33 bits per heavy atom. The number of anilines is 1. The number of nitrogens with two attached hydrogens (primary N) is 1. The number of carboxylic acid groups (broad SMARTS) is 1. The Morgan fingerprint density at radius 2 is 2.10 bits per heavy atom. The maximum Gasteiger partial charge on any atom is 0.341 e. The van der Waals surface area contributed by atoms with Gasteiger partial charge in [-0.1, -0.05) is 0 Å². The third kappa shape index (κ3) is 2.72. The second-order valence-corrected chi connectivity index (χ2v) is 5.03. The molecule has 6 nitrogen and oxygen atoms in total. The van der Waals surface area contributed by atoms with Crippen molar-refractivity contribution in [1.29, 1.82) is 0 Å². The minimum absolute atomic E-state index is 0. The van der Waals surface area contributed by atoms with Gasteiger partial charge in [-0.2, -0.15) is 0 Å². The van der Waals surface area contributed by atoms with Crippen molar-refractivity contribution in [3.8, 4) is 0 Å². The number of fused-ring (bicyclic) bond motifs is 1. The lowest BCUT2D eigenvalue weighted by Crippen LogP contribution is -2.27. The Morgan fingerprint density at radius 3 is 2.71 bits per heavy atom. The molecule has 112 valence electrons. The number of nitrogens with zero attached hydrogens (tertiary/aromatic N) is 2. The van der Waals surface area contributed by atoms with Gasteiger partial charge in [-0.25, -0.2) is 4.79 Å². The first-order valence-corrected chi connectivity index (χ1v) is 6.45. The Hall–Kier alpha value is -2.05. The minimum Gasteiger partial charge on any atom is -0.477 e. The van der Waals surface area contributed by atoms with Crippen LogP contribution < -0.4 is 16.2 Å². The number of pyridine rings is 2. The van der Waals surface area contributed by atoms with E-state index >= 15 is 0 Å². The number of aromatic nitrogens is 1. The summed E-state index contributed by atoms with van der Waals surface area (Å²) >= 11 is 0. The molecule has 1 atom stereocenters. The zero-order valence-corrected chi connectivity index (χ0v) is 12.0. The molecule has 1 saturated heterocycles. The first-order valence-electron chi connectivity index (χ1n) is 6.45. The van der Waals surface area contributed by atoms with E-state index in [1.165, 1.54) is 10.5 Å². The predicted molar refractivity (Wildman–Crippen MR) is 82.7 cm³/mol. The molecule has 1 aliphatic heterocycles. The summed E-state index contributed by atoms with van der Waals surface area (Å²) in [5.41, 5.74) is 6.83. The van der Waals surface area contributed by atoms with Crippen molar-refractivity contribution in [3.63, 3.8) is 0 Å². The summed E-state index contributed by atoms with van der Waals surface area (Å²) in [6.07, 6.45) is 2.57. The molecule has 1 fully saturated rings. The summed E-state index contributed by atoms with van der Waals surface area (Å²) in [4.78, 5) is 25.1. The SMILES string of the molecule is Cl.NC1CCN(c2ccn3c(=O)c(C(=O)O)ccc3c2)C1. The number of hydrogen-bond donors (Lipinski definition) is 2. The van der Waals surface area contributed by atoms with Gasteiger partial charge in [0.1, 0.15) is 5.56 Å². The van der Waals surface area contributed by atoms with Crippen LogP contribution in [0.25, 0.3) is 5.52 Å². The predicted octanol–water partition coefficient (Wildman–Crippen LogP) is 0.957. The van der Waals surface area contributed by atoms with Crippen LogP contribution >= 0.6 is 12.4 Å². The summed E-state index contributed by atoms with van der Waals surface area (Å²) < 4.78 is 1.35. The quantitative estimate of drug-likeness (QED) is 0.862. The smallest absolute Gasteiger partial charge is 0.341 e. The normalized spacial score (nSPS) is 17.8.